The lowest BCUT2D eigenvalue weighted by Crippen LogP contribution is -2.18. The lowest BCUT2D eigenvalue weighted by Gasteiger charge is -2.13. The maximum absolute atomic E-state index is 12.0. The first-order chi connectivity index (χ1) is 8.93. The highest BCUT2D eigenvalue weighted by atomic mass is 16.5. The van der Waals surface area contributed by atoms with Gasteiger partial charge in [-0.25, -0.2) is 0 Å². The number of carbonyl (C=O) groups is 1. The summed E-state index contributed by atoms with van der Waals surface area (Å²) in [7, 11) is 3.85. The molecule has 1 aromatic rings. The Morgan fingerprint density at radius 3 is 2.63 bits per heavy atom. The molecule has 0 N–H and O–H groups in total. The fraction of sp³-hybridized carbons (Fsp3) is 0.769. The summed E-state index contributed by atoms with van der Waals surface area (Å²) in [5.41, 5.74) is 0. The van der Waals surface area contributed by atoms with Crippen LogP contribution in [-0.4, -0.2) is 41.7 Å². The lowest BCUT2D eigenvalue weighted by molar-refractivity contribution is -0.146. The van der Waals surface area contributed by atoms with Crippen molar-refractivity contribution in [1.82, 2.24) is 15.0 Å². The Balaban J connectivity index is 2.84. The fourth-order valence-electron chi connectivity index (χ4n) is 1.77. The molecule has 0 radical (unpaired) electrons. The van der Waals surface area contributed by atoms with Crippen molar-refractivity contribution in [3.05, 3.63) is 11.7 Å². The van der Waals surface area contributed by atoms with Crippen molar-refractivity contribution in [3.8, 4) is 0 Å². The Bertz CT molecular complexity index is 402. The summed E-state index contributed by atoms with van der Waals surface area (Å²) in [5, 5.41) is 3.89. The molecule has 108 valence electrons. The highest BCUT2D eigenvalue weighted by molar-refractivity contribution is 5.76. The van der Waals surface area contributed by atoms with E-state index in [1.54, 1.807) is 6.92 Å². The average Bonchev–Trinajstić information content (AvgIpc) is 2.73. The van der Waals surface area contributed by atoms with Crippen LogP contribution in [0.15, 0.2) is 4.52 Å². The fourth-order valence-corrected chi connectivity index (χ4v) is 1.77. The van der Waals surface area contributed by atoms with Crippen molar-refractivity contribution in [2.45, 2.75) is 39.7 Å². The van der Waals surface area contributed by atoms with Crippen molar-refractivity contribution in [2.75, 3.05) is 20.7 Å². The Morgan fingerprint density at radius 1 is 1.42 bits per heavy atom. The van der Waals surface area contributed by atoms with E-state index in [9.17, 15) is 4.79 Å². The molecule has 0 fully saturated rings. The van der Waals surface area contributed by atoms with E-state index in [4.69, 9.17) is 9.26 Å². The number of rotatable bonds is 7. The van der Waals surface area contributed by atoms with Gasteiger partial charge in [0.05, 0.1) is 13.2 Å². The van der Waals surface area contributed by atoms with Gasteiger partial charge in [0, 0.05) is 0 Å². The molecule has 0 aliphatic rings. The van der Waals surface area contributed by atoms with Crippen LogP contribution in [0.4, 0.5) is 0 Å². The number of carbonyl (C=O) groups excluding carboxylic acids is 1. The topological polar surface area (TPSA) is 68.5 Å². The summed E-state index contributed by atoms with van der Waals surface area (Å²) in [5.74, 6) is 0.514. The lowest BCUT2D eigenvalue weighted by atomic mass is 9.97. The zero-order valence-electron chi connectivity index (χ0n) is 12.3. The molecule has 1 aromatic heterocycles. The van der Waals surface area contributed by atoms with Crippen molar-refractivity contribution in [1.29, 1.82) is 0 Å². The van der Waals surface area contributed by atoms with Gasteiger partial charge in [-0.05, 0) is 33.4 Å². The second kappa shape index (κ2) is 7.23. The number of nitrogens with zero attached hydrogens (tertiary/aromatic N) is 3. The molecule has 1 heterocycles. The number of esters is 1. The predicted octanol–water partition coefficient (Wildman–Crippen LogP) is 1.82. The van der Waals surface area contributed by atoms with E-state index in [0.717, 1.165) is 0 Å². The molecule has 1 unspecified atom stereocenters. The van der Waals surface area contributed by atoms with Crippen LogP contribution in [0.2, 0.25) is 0 Å². The van der Waals surface area contributed by atoms with Gasteiger partial charge in [0.1, 0.15) is 5.92 Å². The molecule has 1 atom stereocenters. The molecule has 6 heteroatoms. The maximum atomic E-state index is 12.0. The Kier molecular flexibility index (Phi) is 5.95. The third kappa shape index (κ3) is 4.98. The summed E-state index contributed by atoms with van der Waals surface area (Å²) in [6, 6.07) is 0. The van der Waals surface area contributed by atoms with Crippen molar-refractivity contribution >= 4 is 5.97 Å². The van der Waals surface area contributed by atoms with Gasteiger partial charge in [0.2, 0.25) is 5.89 Å². The largest absolute Gasteiger partial charge is 0.465 e. The maximum Gasteiger partial charge on any atom is 0.318 e. The molecule has 0 aliphatic heterocycles. The first-order valence-electron chi connectivity index (χ1n) is 6.57. The normalized spacial score (nSPS) is 13.0. The monoisotopic (exact) mass is 269 g/mol. The van der Waals surface area contributed by atoms with Crippen molar-refractivity contribution < 1.29 is 14.1 Å². The van der Waals surface area contributed by atoms with E-state index in [1.165, 1.54) is 0 Å². The van der Waals surface area contributed by atoms with Crippen LogP contribution < -0.4 is 0 Å². The van der Waals surface area contributed by atoms with Gasteiger partial charge in [-0.2, -0.15) is 4.98 Å². The summed E-state index contributed by atoms with van der Waals surface area (Å²) < 4.78 is 10.3. The molecular weight excluding hydrogens is 246 g/mol. The second-order valence-electron chi connectivity index (χ2n) is 5.22. The predicted molar refractivity (Wildman–Crippen MR) is 70.5 cm³/mol. The van der Waals surface area contributed by atoms with Crippen LogP contribution in [0.25, 0.3) is 0 Å². The molecule has 0 aliphatic carbocycles. The molecule has 6 nitrogen and oxygen atoms in total. The van der Waals surface area contributed by atoms with E-state index in [1.807, 2.05) is 32.8 Å². The van der Waals surface area contributed by atoms with E-state index < -0.39 is 5.92 Å². The molecule has 0 aromatic carbocycles. The first kappa shape index (κ1) is 15.6. The van der Waals surface area contributed by atoms with Crippen LogP contribution in [0, 0.1) is 5.92 Å². The standard InChI is InChI=1S/C13H23N3O3/c1-6-18-13(17)10(7-9(2)3)12-14-11(15-19-12)8-16(4)5/h9-10H,6-8H2,1-5H3. The van der Waals surface area contributed by atoms with Gasteiger partial charge in [0.25, 0.3) is 0 Å². The van der Waals surface area contributed by atoms with Crippen molar-refractivity contribution in [2.24, 2.45) is 5.92 Å². The van der Waals surface area contributed by atoms with Crippen LogP contribution >= 0.6 is 0 Å². The van der Waals surface area contributed by atoms with Crippen LogP contribution in [-0.2, 0) is 16.1 Å². The molecule has 0 spiro atoms. The number of hydrogen-bond acceptors (Lipinski definition) is 6. The van der Waals surface area contributed by atoms with Gasteiger partial charge in [-0.15, -0.1) is 0 Å². The van der Waals surface area contributed by atoms with Gasteiger partial charge >= 0.3 is 5.97 Å². The van der Waals surface area contributed by atoms with Gasteiger partial charge in [0.15, 0.2) is 5.82 Å². The number of aromatic nitrogens is 2. The summed E-state index contributed by atoms with van der Waals surface area (Å²) >= 11 is 0. The highest BCUT2D eigenvalue weighted by Crippen LogP contribution is 2.24. The summed E-state index contributed by atoms with van der Waals surface area (Å²) in [6.07, 6.45) is 0.641. The second-order valence-corrected chi connectivity index (χ2v) is 5.22. The van der Waals surface area contributed by atoms with Gasteiger partial charge < -0.3 is 14.2 Å². The molecule has 0 amide bonds. The smallest absolute Gasteiger partial charge is 0.318 e. The van der Waals surface area contributed by atoms with E-state index in [2.05, 4.69) is 10.1 Å². The van der Waals surface area contributed by atoms with Gasteiger partial charge in [-0.3, -0.25) is 4.79 Å². The van der Waals surface area contributed by atoms with Crippen LogP contribution in [0.1, 0.15) is 44.8 Å². The average molecular weight is 269 g/mol. The zero-order chi connectivity index (χ0) is 14.4. The number of hydrogen-bond donors (Lipinski definition) is 0. The summed E-state index contributed by atoms with van der Waals surface area (Å²) in [6.45, 7) is 6.81. The molecule has 0 saturated carbocycles. The SMILES string of the molecule is CCOC(=O)C(CC(C)C)c1nc(CN(C)C)no1. The minimum absolute atomic E-state index is 0.295. The van der Waals surface area contributed by atoms with Crippen LogP contribution in [0.3, 0.4) is 0 Å². The highest BCUT2D eigenvalue weighted by Gasteiger charge is 2.28. The third-order valence-corrected chi connectivity index (χ3v) is 2.52. The molecule has 0 bridgehead atoms. The zero-order valence-corrected chi connectivity index (χ0v) is 12.3. The Labute approximate surface area is 114 Å². The van der Waals surface area contributed by atoms with Crippen LogP contribution in [0.5, 0.6) is 0 Å². The molecule has 0 saturated heterocycles. The van der Waals surface area contributed by atoms with Gasteiger partial charge in [-0.1, -0.05) is 19.0 Å². The first-order valence-corrected chi connectivity index (χ1v) is 6.57. The Hall–Kier alpha value is -1.43. The quantitative estimate of drug-likeness (QED) is 0.703. The minimum atomic E-state index is -0.469. The number of ether oxygens (including phenoxy) is 1. The minimum Gasteiger partial charge on any atom is -0.465 e. The molecular formula is C13H23N3O3. The molecule has 1 rings (SSSR count). The Morgan fingerprint density at radius 2 is 2.11 bits per heavy atom. The van der Waals surface area contributed by atoms with E-state index in [-0.39, 0.29) is 5.97 Å². The van der Waals surface area contributed by atoms with E-state index in [0.29, 0.717) is 37.2 Å². The third-order valence-electron chi connectivity index (χ3n) is 2.52. The summed E-state index contributed by atoms with van der Waals surface area (Å²) in [4.78, 5) is 18.2. The molecule has 19 heavy (non-hydrogen) atoms. The van der Waals surface area contributed by atoms with E-state index >= 15 is 0 Å². The van der Waals surface area contributed by atoms with Crippen molar-refractivity contribution in [3.63, 3.8) is 0 Å².